The van der Waals surface area contributed by atoms with Gasteiger partial charge in [-0.15, -0.1) is 0 Å². The Kier molecular flexibility index (Phi) is 5.27. The van der Waals surface area contributed by atoms with Crippen LogP contribution < -0.4 is 18.5 Å². The van der Waals surface area contributed by atoms with Crippen molar-refractivity contribution in [2.45, 2.75) is 11.3 Å². The lowest BCUT2D eigenvalue weighted by molar-refractivity contribution is -0.116. The van der Waals surface area contributed by atoms with E-state index in [1.807, 2.05) is 0 Å². The smallest absolute Gasteiger partial charge is 0.267 e. The third-order valence-corrected chi connectivity index (χ3v) is 8.68. The van der Waals surface area contributed by atoms with E-state index < -0.39 is 26.0 Å². The Morgan fingerprint density at radius 1 is 1.13 bits per heavy atom. The largest absolute Gasteiger partial charge is 0.497 e. The first-order chi connectivity index (χ1) is 14.6. The highest BCUT2D eigenvalue weighted by Crippen LogP contribution is 2.35. The molecule has 164 valence electrons. The molecule has 0 atom stereocenters. The quantitative estimate of drug-likeness (QED) is 0.564. The second-order valence-corrected chi connectivity index (χ2v) is 11.1. The Morgan fingerprint density at radius 3 is 2.55 bits per heavy atom. The third-order valence-electron chi connectivity index (χ3n) is 4.57. The summed E-state index contributed by atoms with van der Waals surface area (Å²) >= 11 is 1.11. The van der Waals surface area contributed by atoms with Gasteiger partial charge in [0.25, 0.3) is 10.0 Å². The van der Waals surface area contributed by atoms with Gasteiger partial charge in [-0.1, -0.05) is 11.3 Å². The summed E-state index contributed by atoms with van der Waals surface area (Å²) in [6, 6.07) is 8.86. The highest BCUT2D eigenvalue weighted by Gasteiger charge is 2.37. The molecule has 13 heteroatoms. The van der Waals surface area contributed by atoms with E-state index in [2.05, 4.69) is 9.71 Å². The molecule has 1 saturated heterocycles. The molecule has 1 aliphatic heterocycles. The Bertz CT molecular complexity index is 1400. The minimum absolute atomic E-state index is 0.0110. The van der Waals surface area contributed by atoms with E-state index in [-0.39, 0.29) is 33.6 Å². The van der Waals surface area contributed by atoms with Crippen molar-refractivity contribution in [1.29, 1.82) is 0 Å². The van der Waals surface area contributed by atoms with Gasteiger partial charge in [0.05, 0.1) is 35.9 Å². The fourth-order valence-electron chi connectivity index (χ4n) is 3.12. The first kappa shape index (κ1) is 21.3. The minimum atomic E-state index is -4.22. The zero-order valence-corrected chi connectivity index (χ0v) is 18.8. The highest BCUT2D eigenvalue weighted by atomic mass is 32.2. The summed E-state index contributed by atoms with van der Waals surface area (Å²) in [6.07, 6.45) is -0.163. The molecule has 10 nitrogen and oxygen atoms in total. The third kappa shape index (κ3) is 3.91. The van der Waals surface area contributed by atoms with E-state index in [0.717, 1.165) is 17.4 Å². The van der Waals surface area contributed by atoms with Gasteiger partial charge in [-0.25, -0.2) is 26.1 Å². The minimum Gasteiger partial charge on any atom is -0.497 e. The number of benzene rings is 2. The van der Waals surface area contributed by atoms with Crippen LogP contribution in [0.15, 0.2) is 41.3 Å². The van der Waals surface area contributed by atoms with Gasteiger partial charge in [0.1, 0.15) is 16.4 Å². The van der Waals surface area contributed by atoms with E-state index in [0.29, 0.717) is 20.3 Å². The number of ether oxygens (including phenoxy) is 2. The van der Waals surface area contributed by atoms with Crippen LogP contribution >= 0.6 is 11.3 Å². The molecule has 0 spiro atoms. The van der Waals surface area contributed by atoms with Crippen LogP contribution in [0, 0.1) is 0 Å². The lowest BCUT2D eigenvalue weighted by atomic mass is 10.3. The zero-order chi connectivity index (χ0) is 22.4. The topological polar surface area (TPSA) is 132 Å². The van der Waals surface area contributed by atoms with Crippen LogP contribution in [0.5, 0.6) is 11.5 Å². The fraction of sp³-hybridized carbons (Fsp3) is 0.222. The molecule has 0 aliphatic carbocycles. The van der Waals surface area contributed by atoms with Gasteiger partial charge in [-0.2, -0.15) is 0 Å². The van der Waals surface area contributed by atoms with E-state index >= 15 is 0 Å². The van der Waals surface area contributed by atoms with Crippen molar-refractivity contribution in [1.82, 2.24) is 4.98 Å². The van der Waals surface area contributed by atoms with Gasteiger partial charge in [-0.05, 0) is 36.4 Å². The van der Waals surface area contributed by atoms with Crippen molar-refractivity contribution < 1.29 is 31.1 Å². The van der Waals surface area contributed by atoms with Gasteiger partial charge < -0.3 is 9.47 Å². The number of methoxy groups -OCH3 is 2. The summed E-state index contributed by atoms with van der Waals surface area (Å²) in [5.74, 6) is -0.353. The fourth-order valence-corrected chi connectivity index (χ4v) is 6.89. The number of anilines is 2. The predicted octanol–water partition coefficient (Wildman–Crippen LogP) is 2.18. The summed E-state index contributed by atoms with van der Waals surface area (Å²) in [6.45, 7) is 0. The molecule has 1 amide bonds. The standard InChI is InChI=1S/C18H17N3O7S3/c1-27-12-4-5-13-15(10-12)29-18(19-13)20-31(25,26)16-9-11(3-6-14(16)28-2)21-17(22)7-8-30(21,23)24/h3-6,9-10H,7-8H2,1-2H3,(H,19,20). The second kappa shape index (κ2) is 7.66. The average molecular weight is 484 g/mol. The zero-order valence-electron chi connectivity index (χ0n) is 16.4. The maximum atomic E-state index is 13.1. The Hall–Kier alpha value is -2.90. The van der Waals surface area contributed by atoms with Crippen molar-refractivity contribution in [3.63, 3.8) is 0 Å². The molecule has 1 aromatic heterocycles. The van der Waals surface area contributed by atoms with Crippen molar-refractivity contribution in [3.8, 4) is 11.5 Å². The molecule has 2 aromatic carbocycles. The lowest BCUT2D eigenvalue weighted by Crippen LogP contribution is -2.29. The number of aromatic nitrogens is 1. The second-order valence-electron chi connectivity index (χ2n) is 6.52. The molecule has 1 fully saturated rings. The molecule has 1 N–H and O–H groups in total. The van der Waals surface area contributed by atoms with Gasteiger partial charge in [0.2, 0.25) is 15.9 Å². The first-order valence-corrected chi connectivity index (χ1v) is 12.8. The molecule has 4 rings (SSSR count). The maximum Gasteiger partial charge on any atom is 0.267 e. The summed E-state index contributed by atoms with van der Waals surface area (Å²) in [7, 11) is -5.25. The maximum absolute atomic E-state index is 13.1. The summed E-state index contributed by atoms with van der Waals surface area (Å²) in [5.41, 5.74) is 0.510. The van der Waals surface area contributed by atoms with E-state index in [4.69, 9.17) is 9.47 Å². The summed E-state index contributed by atoms with van der Waals surface area (Å²) in [5, 5.41) is 0.112. The van der Waals surface area contributed by atoms with Gasteiger partial charge >= 0.3 is 0 Å². The monoisotopic (exact) mass is 483 g/mol. The molecule has 2 heterocycles. The lowest BCUT2D eigenvalue weighted by Gasteiger charge is -2.17. The number of sulfonamides is 2. The predicted molar refractivity (Wildman–Crippen MR) is 116 cm³/mol. The number of rotatable bonds is 6. The Balaban J connectivity index is 1.74. The number of fused-ring (bicyclic) bond motifs is 1. The summed E-state index contributed by atoms with van der Waals surface area (Å²) < 4.78 is 64.7. The van der Waals surface area contributed by atoms with Gasteiger partial charge in [-0.3, -0.25) is 9.52 Å². The van der Waals surface area contributed by atoms with Crippen LogP contribution in [-0.4, -0.2) is 47.7 Å². The highest BCUT2D eigenvalue weighted by molar-refractivity contribution is 7.94. The Morgan fingerprint density at radius 2 is 1.90 bits per heavy atom. The number of hydrogen-bond donors (Lipinski definition) is 1. The van der Waals surface area contributed by atoms with Crippen LogP contribution in [0.2, 0.25) is 0 Å². The first-order valence-electron chi connectivity index (χ1n) is 8.86. The van der Waals surface area contributed by atoms with E-state index in [1.165, 1.54) is 26.4 Å². The van der Waals surface area contributed by atoms with Gasteiger partial charge in [0, 0.05) is 6.42 Å². The molecule has 0 bridgehead atoms. The molecule has 31 heavy (non-hydrogen) atoms. The number of nitrogens with zero attached hydrogens (tertiary/aromatic N) is 2. The normalized spacial score (nSPS) is 15.9. The van der Waals surface area contributed by atoms with Crippen molar-refractivity contribution in [3.05, 3.63) is 36.4 Å². The van der Waals surface area contributed by atoms with Crippen molar-refractivity contribution >= 4 is 58.3 Å². The van der Waals surface area contributed by atoms with Crippen molar-refractivity contribution in [2.24, 2.45) is 0 Å². The van der Waals surface area contributed by atoms with E-state index in [9.17, 15) is 21.6 Å². The number of nitrogens with one attached hydrogen (secondary N) is 1. The molecule has 1 aliphatic rings. The molecule has 0 saturated carbocycles. The van der Waals surface area contributed by atoms with Crippen LogP contribution in [-0.2, 0) is 24.8 Å². The van der Waals surface area contributed by atoms with Crippen LogP contribution in [0.1, 0.15) is 6.42 Å². The van der Waals surface area contributed by atoms with Gasteiger partial charge in [0.15, 0.2) is 5.13 Å². The number of carbonyl (C=O) groups excluding carboxylic acids is 1. The molecule has 0 radical (unpaired) electrons. The van der Waals surface area contributed by atoms with Crippen LogP contribution in [0.25, 0.3) is 10.2 Å². The summed E-state index contributed by atoms with van der Waals surface area (Å²) in [4.78, 5) is 16.0. The van der Waals surface area contributed by atoms with Crippen LogP contribution in [0.4, 0.5) is 10.8 Å². The van der Waals surface area contributed by atoms with E-state index in [1.54, 1.807) is 18.2 Å². The molecular formula is C18H17N3O7S3. The number of amides is 1. The molecular weight excluding hydrogens is 466 g/mol. The molecule has 3 aromatic rings. The number of thiazole rings is 1. The van der Waals surface area contributed by atoms with Crippen molar-refractivity contribution in [2.75, 3.05) is 29.0 Å². The average Bonchev–Trinajstić information content (AvgIpc) is 3.24. The number of carbonyl (C=O) groups is 1. The molecule has 0 unspecified atom stereocenters. The Labute approximate surface area is 182 Å². The van der Waals surface area contributed by atoms with Crippen LogP contribution in [0.3, 0.4) is 0 Å². The number of hydrogen-bond acceptors (Lipinski definition) is 9. The SMILES string of the molecule is COc1ccc2nc(NS(=O)(=O)c3cc(N4C(=O)CCS4(=O)=O)ccc3OC)sc2c1.